The smallest absolute Gasteiger partial charge is 0.445 e. The summed E-state index contributed by atoms with van der Waals surface area (Å²) in [6.07, 6.45) is 0.442. The van der Waals surface area contributed by atoms with Gasteiger partial charge >= 0.3 is 6.98 Å². The molecule has 0 aromatic heterocycles. The first-order valence-electron chi connectivity index (χ1n) is 4.64. The van der Waals surface area contributed by atoms with Crippen molar-refractivity contribution in [3.8, 4) is 0 Å². The van der Waals surface area contributed by atoms with Crippen LogP contribution in [0.4, 0.5) is 12.9 Å². The highest BCUT2D eigenvalue weighted by atomic mass is 19.4. The number of carbonyl (C=O) groups is 1. The Morgan fingerprint density at radius 2 is 1.80 bits per heavy atom. The topological polar surface area (TPSA) is 17.1 Å². The quantitative estimate of drug-likeness (QED) is 0.559. The molecule has 1 rings (SSSR count). The molecule has 0 fully saturated rings. The van der Waals surface area contributed by atoms with Crippen LogP contribution in [0.15, 0.2) is 18.2 Å². The van der Waals surface area contributed by atoms with Crippen LogP contribution in [-0.2, 0) is 0 Å². The zero-order chi connectivity index (χ0) is 11.6. The first-order valence-corrected chi connectivity index (χ1v) is 4.64. The first kappa shape index (κ1) is 11.8. The van der Waals surface area contributed by atoms with Gasteiger partial charge in [-0.2, -0.15) is 0 Å². The second-order valence-corrected chi connectivity index (χ2v) is 3.78. The van der Waals surface area contributed by atoms with Crippen LogP contribution in [0.5, 0.6) is 0 Å². The fourth-order valence-electron chi connectivity index (χ4n) is 1.29. The van der Waals surface area contributed by atoms with Crippen molar-refractivity contribution in [1.82, 2.24) is 0 Å². The summed E-state index contributed by atoms with van der Waals surface area (Å²) in [7, 11) is 0. The van der Waals surface area contributed by atoms with E-state index in [-0.39, 0.29) is 11.5 Å². The highest BCUT2D eigenvalue weighted by Gasteiger charge is 2.26. The van der Waals surface area contributed by atoms with Crippen molar-refractivity contribution in [1.29, 1.82) is 0 Å². The molecule has 82 valence electrons. The van der Waals surface area contributed by atoms with E-state index < -0.39 is 12.4 Å². The van der Waals surface area contributed by atoms with Crippen LogP contribution in [0, 0.1) is 0 Å². The minimum Gasteiger partial charge on any atom is -0.445 e. The van der Waals surface area contributed by atoms with Crippen molar-refractivity contribution >= 4 is 18.7 Å². The number of benzene rings is 1. The lowest BCUT2D eigenvalue weighted by Crippen LogP contribution is -2.34. The van der Waals surface area contributed by atoms with Crippen LogP contribution in [-0.4, -0.2) is 13.3 Å². The highest BCUT2D eigenvalue weighted by molar-refractivity contribution is 6.73. The fraction of sp³-hybridized carbons (Fsp3) is 0.300. The maximum Gasteiger partial charge on any atom is 0.509 e. The molecule has 0 heterocycles. The minimum atomic E-state index is -5.04. The minimum absolute atomic E-state index is 0.0261. The maximum atomic E-state index is 12.5. The normalized spacial score (nSPS) is 11.9. The summed E-state index contributed by atoms with van der Waals surface area (Å²) < 4.78 is 37.5. The molecular formula is C10H11BF3O-. The van der Waals surface area contributed by atoms with Crippen LogP contribution < -0.4 is 5.46 Å². The Hall–Kier alpha value is -1.26. The molecule has 0 N–H and O–H groups in total. The lowest BCUT2D eigenvalue weighted by Gasteiger charge is -2.18. The predicted octanol–water partition coefficient (Wildman–Crippen LogP) is 2.68. The van der Waals surface area contributed by atoms with E-state index in [9.17, 15) is 17.7 Å². The Morgan fingerprint density at radius 1 is 1.20 bits per heavy atom. The van der Waals surface area contributed by atoms with Crippen LogP contribution in [0.25, 0.3) is 0 Å². The van der Waals surface area contributed by atoms with Gasteiger partial charge in [-0.15, -0.1) is 5.46 Å². The molecule has 0 amide bonds. The molecule has 15 heavy (non-hydrogen) atoms. The number of aldehydes is 1. The van der Waals surface area contributed by atoms with Crippen molar-refractivity contribution in [2.24, 2.45) is 0 Å². The molecule has 0 aliphatic carbocycles. The van der Waals surface area contributed by atoms with Crippen molar-refractivity contribution < 1.29 is 17.7 Å². The molecule has 1 aromatic carbocycles. The van der Waals surface area contributed by atoms with E-state index in [4.69, 9.17) is 0 Å². The average molecular weight is 215 g/mol. The number of carbonyl (C=O) groups excluding carboxylic acids is 1. The molecular weight excluding hydrogens is 204 g/mol. The summed E-state index contributed by atoms with van der Waals surface area (Å²) in [6.45, 7) is -1.46. The maximum absolute atomic E-state index is 12.5. The van der Waals surface area contributed by atoms with Crippen molar-refractivity contribution in [3.63, 3.8) is 0 Å². The third kappa shape index (κ3) is 2.84. The average Bonchev–Trinajstić information content (AvgIpc) is 2.15. The molecule has 1 aromatic rings. The van der Waals surface area contributed by atoms with E-state index in [1.807, 2.05) is 0 Å². The fourth-order valence-corrected chi connectivity index (χ4v) is 1.29. The molecule has 5 heteroatoms. The van der Waals surface area contributed by atoms with E-state index >= 15 is 0 Å². The van der Waals surface area contributed by atoms with E-state index in [1.165, 1.54) is 6.07 Å². The van der Waals surface area contributed by atoms with Gasteiger partial charge in [0.15, 0.2) is 0 Å². The number of hydrogen-bond donors (Lipinski definition) is 0. The van der Waals surface area contributed by atoms with Gasteiger partial charge in [-0.05, 0) is 17.5 Å². The Bertz CT molecular complexity index is 371. The largest absolute Gasteiger partial charge is 0.509 e. The lowest BCUT2D eigenvalue weighted by molar-refractivity contribution is 0.112. The third-order valence-corrected chi connectivity index (χ3v) is 2.18. The molecule has 0 aliphatic rings. The van der Waals surface area contributed by atoms with Gasteiger partial charge in [0.1, 0.15) is 6.29 Å². The zero-order valence-corrected chi connectivity index (χ0v) is 8.51. The molecule has 0 unspecified atom stereocenters. The molecule has 0 bridgehead atoms. The second kappa shape index (κ2) is 4.09. The van der Waals surface area contributed by atoms with Crippen molar-refractivity contribution in [2.75, 3.05) is 0 Å². The van der Waals surface area contributed by atoms with E-state index in [2.05, 4.69) is 0 Å². The lowest BCUT2D eigenvalue weighted by atomic mass is 9.77. The van der Waals surface area contributed by atoms with Gasteiger partial charge in [-0.1, -0.05) is 26.0 Å². The van der Waals surface area contributed by atoms with E-state index in [1.54, 1.807) is 13.8 Å². The summed E-state index contributed by atoms with van der Waals surface area (Å²) >= 11 is 0. The summed E-state index contributed by atoms with van der Waals surface area (Å²) in [5.41, 5.74) is -0.0903. The summed E-state index contributed by atoms with van der Waals surface area (Å²) in [6, 6.07) is 3.49. The van der Waals surface area contributed by atoms with Gasteiger partial charge in [-0.25, -0.2) is 0 Å². The standard InChI is InChI=1S/C10H11BF3O/c1-7(2)9-3-8(6-15)4-10(5-9)11(12,13)14/h3-7H,1-2H3/q-1. The van der Waals surface area contributed by atoms with Gasteiger partial charge in [-0.3, -0.25) is 4.79 Å². The van der Waals surface area contributed by atoms with E-state index in [0.717, 1.165) is 12.1 Å². The monoisotopic (exact) mass is 215 g/mol. The molecule has 0 spiro atoms. The Morgan fingerprint density at radius 3 is 2.20 bits per heavy atom. The Labute approximate surface area is 86.4 Å². The molecule has 0 saturated carbocycles. The number of rotatable bonds is 3. The first-order chi connectivity index (χ1) is 6.84. The van der Waals surface area contributed by atoms with Gasteiger partial charge in [0, 0.05) is 5.56 Å². The van der Waals surface area contributed by atoms with E-state index in [0.29, 0.717) is 11.8 Å². The molecule has 0 atom stereocenters. The Kier molecular flexibility index (Phi) is 3.22. The third-order valence-electron chi connectivity index (χ3n) is 2.18. The molecule has 0 aliphatic heterocycles. The van der Waals surface area contributed by atoms with Crippen molar-refractivity contribution in [3.05, 3.63) is 29.3 Å². The van der Waals surface area contributed by atoms with Crippen LogP contribution >= 0.6 is 0 Å². The summed E-state index contributed by atoms with van der Waals surface area (Å²) in [5, 5.41) is 0. The predicted molar refractivity (Wildman–Crippen MR) is 54.6 cm³/mol. The highest BCUT2D eigenvalue weighted by Crippen LogP contribution is 2.17. The number of halogens is 3. The number of hydrogen-bond acceptors (Lipinski definition) is 1. The van der Waals surface area contributed by atoms with Crippen LogP contribution in [0.3, 0.4) is 0 Å². The van der Waals surface area contributed by atoms with Crippen LogP contribution in [0.1, 0.15) is 35.7 Å². The summed E-state index contributed by atoms with van der Waals surface area (Å²) in [4.78, 5) is 10.5. The molecule has 0 radical (unpaired) electrons. The van der Waals surface area contributed by atoms with Gasteiger partial charge in [0.05, 0.1) is 0 Å². The molecule has 0 saturated heterocycles. The van der Waals surface area contributed by atoms with Crippen molar-refractivity contribution in [2.45, 2.75) is 19.8 Å². The zero-order valence-electron chi connectivity index (χ0n) is 8.51. The Balaban J connectivity index is 3.29. The van der Waals surface area contributed by atoms with Gasteiger partial charge in [0.25, 0.3) is 0 Å². The van der Waals surface area contributed by atoms with Crippen LogP contribution in [0.2, 0.25) is 0 Å². The second-order valence-electron chi connectivity index (χ2n) is 3.78. The SMILES string of the molecule is CC(C)c1cc(C=O)cc([B-](F)(F)F)c1. The summed E-state index contributed by atoms with van der Waals surface area (Å²) in [5.74, 6) is -0.0261. The molecule has 1 nitrogen and oxygen atoms in total. The van der Waals surface area contributed by atoms with Gasteiger partial charge < -0.3 is 12.9 Å². The van der Waals surface area contributed by atoms with Gasteiger partial charge in [0.2, 0.25) is 0 Å².